The second-order valence-corrected chi connectivity index (χ2v) is 23.0. The van der Waals surface area contributed by atoms with Crippen LogP contribution < -0.4 is 49.1 Å². The van der Waals surface area contributed by atoms with E-state index in [-0.39, 0.29) is 120 Å². The zero-order valence-corrected chi connectivity index (χ0v) is 52.1. The number of fused-ring (bicyclic) bond motifs is 1. The molecule has 0 bridgehead atoms. The highest BCUT2D eigenvalue weighted by Crippen LogP contribution is 2.24. The third kappa shape index (κ3) is 28.8. The number of carbonyl (C=O) groups is 11. The van der Waals surface area contributed by atoms with Gasteiger partial charge in [-0.25, -0.2) is 4.79 Å². The molecule has 2 aliphatic heterocycles. The predicted molar refractivity (Wildman–Crippen MR) is 337 cm³/mol. The van der Waals surface area contributed by atoms with Crippen LogP contribution in [0.3, 0.4) is 0 Å². The molecule has 2 aromatic carbocycles. The second kappa shape index (κ2) is 40.7. The summed E-state index contributed by atoms with van der Waals surface area (Å²) in [6, 6.07) is 6.98. The number of benzene rings is 2. The van der Waals surface area contributed by atoms with Crippen molar-refractivity contribution in [3.8, 4) is 0 Å². The lowest BCUT2D eigenvalue weighted by atomic mass is 9.78. The van der Waals surface area contributed by atoms with Crippen LogP contribution in [0, 0.1) is 0 Å². The van der Waals surface area contributed by atoms with Crippen LogP contribution in [0.4, 0.5) is 0 Å². The van der Waals surface area contributed by atoms with Crippen molar-refractivity contribution in [1.82, 2.24) is 56.4 Å². The highest BCUT2D eigenvalue weighted by molar-refractivity contribution is 6.43. The van der Waals surface area contributed by atoms with Crippen LogP contribution in [-0.2, 0) is 43.2 Å². The van der Waals surface area contributed by atoms with Crippen LogP contribution in [0.2, 0.25) is 0 Å². The molecular formula is C59H94BN15O16. The van der Waals surface area contributed by atoms with Gasteiger partial charge in [0.1, 0.15) is 18.1 Å². The van der Waals surface area contributed by atoms with Gasteiger partial charge in [-0.05, 0) is 107 Å². The number of amides is 8. The van der Waals surface area contributed by atoms with Crippen LogP contribution >= 0.6 is 0 Å². The van der Waals surface area contributed by atoms with Gasteiger partial charge >= 0.3 is 25.0 Å². The van der Waals surface area contributed by atoms with Crippen LogP contribution in [0.1, 0.15) is 124 Å². The Morgan fingerprint density at radius 1 is 0.549 bits per heavy atom. The zero-order chi connectivity index (χ0) is 66.8. The Labute approximate surface area is 530 Å². The molecule has 32 heteroatoms. The Balaban J connectivity index is 1.14. The Morgan fingerprint density at radius 3 is 1.56 bits per heavy atom. The number of carbonyl (C=O) groups excluding carboxylic acids is 8. The van der Waals surface area contributed by atoms with E-state index in [0.29, 0.717) is 133 Å². The number of hydrogen-bond acceptors (Lipinski definition) is 18. The predicted octanol–water partition coefficient (Wildman–Crippen LogP) is -2.80. The number of nitrogens with zero attached hydrogens (tertiary/aromatic N) is 6. The summed E-state index contributed by atoms with van der Waals surface area (Å²) in [6.45, 7) is 4.60. The monoisotopic (exact) mass is 1280 g/mol. The van der Waals surface area contributed by atoms with E-state index in [1.165, 1.54) is 17.9 Å². The number of rotatable bonds is 38. The molecule has 2 aliphatic rings. The first-order valence-electron chi connectivity index (χ1n) is 31.2. The van der Waals surface area contributed by atoms with Gasteiger partial charge in [-0.15, -0.1) is 0 Å². The van der Waals surface area contributed by atoms with E-state index in [4.69, 9.17) is 17.2 Å². The van der Waals surface area contributed by atoms with Crippen molar-refractivity contribution in [3.05, 3.63) is 47.5 Å². The van der Waals surface area contributed by atoms with Crippen molar-refractivity contribution in [2.45, 2.75) is 127 Å². The first-order chi connectivity index (χ1) is 43.4. The molecule has 2 fully saturated rings. The second-order valence-electron chi connectivity index (χ2n) is 23.0. The van der Waals surface area contributed by atoms with Gasteiger partial charge < -0.3 is 79.4 Å². The number of aliphatic carboxylic acids is 3. The van der Waals surface area contributed by atoms with Crippen molar-refractivity contribution in [1.29, 1.82) is 0 Å². The third-order valence-corrected chi connectivity index (χ3v) is 15.7. The van der Waals surface area contributed by atoms with Gasteiger partial charge in [0.05, 0.1) is 32.1 Å². The quantitative estimate of drug-likeness (QED) is 0.0140. The maximum Gasteiger partial charge on any atom is 0.475 e. The number of likely N-dealkylation sites (tertiary alicyclic amines) is 1. The van der Waals surface area contributed by atoms with Crippen molar-refractivity contribution in [2.75, 3.05) is 111 Å². The fourth-order valence-corrected chi connectivity index (χ4v) is 10.8. The summed E-state index contributed by atoms with van der Waals surface area (Å²) in [5.41, 5.74) is 17.0. The van der Waals surface area contributed by atoms with Crippen molar-refractivity contribution >= 4 is 89.0 Å². The molecule has 8 amide bonds. The number of unbranched alkanes of at least 4 members (excludes halogenated alkanes) is 5. The van der Waals surface area contributed by atoms with Crippen molar-refractivity contribution in [2.24, 2.45) is 22.2 Å². The molecule has 4 rings (SSSR count). The molecule has 0 radical (unpaired) electrons. The van der Waals surface area contributed by atoms with Crippen LogP contribution in [0.5, 0.6) is 0 Å². The molecule has 504 valence electrons. The number of nitrogens with one attached hydrogen (secondary N) is 6. The van der Waals surface area contributed by atoms with Crippen LogP contribution in [-0.4, -0.2) is 263 Å². The smallest absolute Gasteiger partial charge is 0.475 e. The van der Waals surface area contributed by atoms with Gasteiger partial charge in [0.25, 0.3) is 11.8 Å². The Bertz CT molecular complexity index is 2760. The molecular weight excluding hydrogens is 1190 g/mol. The zero-order valence-electron chi connectivity index (χ0n) is 52.1. The minimum absolute atomic E-state index is 0.0101. The lowest BCUT2D eigenvalue weighted by molar-refractivity contribution is -0.142. The normalized spacial score (nSPS) is 16.4. The number of nitrogens with two attached hydrogens (primary N) is 3. The fraction of sp³-hybridized carbons (Fsp3) is 0.627. The van der Waals surface area contributed by atoms with E-state index < -0.39 is 78.6 Å². The molecule has 2 saturated heterocycles. The molecule has 0 unspecified atom stereocenters. The van der Waals surface area contributed by atoms with Crippen molar-refractivity contribution < 1.29 is 78.1 Å². The highest BCUT2D eigenvalue weighted by Gasteiger charge is 2.39. The topological polar surface area (TPSA) is 468 Å². The van der Waals surface area contributed by atoms with Gasteiger partial charge in [-0.2, -0.15) is 0 Å². The summed E-state index contributed by atoms with van der Waals surface area (Å²) in [7, 11) is -1.69. The summed E-state index contributed by atoms with van der Waals surface area (Å²) >= 11 is 0. The molecule has 2 aromatic rings. The number of primary amides is 1. The number of hydrogen-bond donors (Lipinski definition) is 14. The molecule has 4 atom stereocenters. The Kier molecular flexibility index (Phi) is 33.7. The maximum absolute atomic E-state index is 13.4. The first-order valence-corrected chi connectivity index (χ1v) is 31.2. The first kappa shape index (κ1) is 75.4. The highest BCUT2D eigenvalue weighted by atomic mass is 16.4. The summed E-state index contributed by atoms with van der Waals surface area (Å²) in [6.07, 6.45) is 5.59. The number of aliphatic imine (C=N–C) groups is 1. The molecule has 31 nitrogen and oxygen atoms in total. The van der Waals surface area contributed by atoms with Crippen LogP contribution in [0.15, 0.2) is 41.4 Å². The summed E-state index contributed by atoms with van der Waals surface area (Å²) in [5.74, 6) is -7.65. The third-order valence-electron chi connectivity index (χ3n) is 15.7. The SMILES string of the molecule is C[C@@H](NC(=O)c1ccc(C(=O)NCCCCCNC(=O)[C@H](CCCN=C(N)N)NC(=O)CCCCCC(=O)N[C@@H](CCCCNC(=O)CN2CCN(CC(=O)O)CCN(CC(N)=O)CCN(CC(=O)O)CC2)C(=O)O)c2ccccc12)C(=O)N1CCC[C@H]1B(O)O. The molecule has 2 heterocycles. The van der Waals surface area contributed by atoms with Gasteiger partial charge in [-0.3, -0.25) is 72.5 Å². The Hall–Kier alpha value is -8.04. The van der Waals surface area contributed by atoms with Gasteiger partial charge in [0.2, 0.25) is 35.4 Å². The van der Waals surface area contributed by atoms with E-state index in [0.717, 1.165) is 0 Å². The van der Waals surface area contributed by atoms with E-state index in [2.05, 4.69) is 36.9 Å². The molecule has 0 aromatic heterocycles. The molecule has 0 aliphatic carbocycles. The number of carboxylic acid groups (broad SMARTS) is 3. The average molecular weight is 1280 g/mol. The number of carboxylic acids is 3. The van der Waals surface area contributed by atoms with E-state index in [1.54, 1.807) is 49.9 Å². The minimum Gasteiger partial charge on any atom is -0.480 e. The Morgan fingerprint density at radius 2 is 1.03 bits per heavy atom. The lowest BCUT2D eigenvalue weighted by Crippen LogP contribution is -2.52. The van der Waals surface area contributed by atoms with Crippen molar-refractivity contribution in [3.63, 3.8) is 0 Å². The largest absolute Gasteiger partial charge is 0.480 e. The summed E-state index contributed by atoms with van der Waals surface area (Å²) in [4.78, 5) is 152. The van der Waals surface area contributed by atoms with Gasteiger partial charge in [0.15, 0.2) is 5.96 Å². The number of guanidine groups is 1. The van der Waals surface area contributed by atoms with Crippen LogP contribution in [0.25, 0.3) is 10.8 Å². The standard InChI is InChI=1S/C59H94BN15O16/c1-40(57(87)75-27-13-18-47(75)60(90)91)68-55(85)44-22-21-43(41-14-6-7-15-42(41)44)54(84)65-24-9-3-10-25-66-56(86)45(17-12-26-67-59(62)63)69-49(77)19-4-2-5-20-50(78)70-46(58(88)89)16-8-11-23-64-51(79)37-72-30-34-73(38-52(80)81)32-28-71(36-48(61)76)29-33-74(35-31-72)39-53(82)83/h6-7,14-15,21-22,40,45-47,90-91H,2-5,8-13,16-20,23-39H2,1H3,(H2,61,76)(H,64,79)(H,65,84)(H,66,86)(H,68,85)(H,69,77)(H,70,78)(H,80,81)(H,82,83)(H,88,89)(H4,62,63,67)/t40-,45+,46+,47+/m1/s1. The average Bonchev–Trinajstić information content (AvgIpc) is 1.19. The molecule has 0 spiro atoms. The molecule has 17 N–H and O–H groups in total. The minimum atomic E-state index is -1.69. The summed E-state index contributed by atoms with van der Waals surface area (Å²) < 4.78 is 0. The van der Waals surface area contributed by atoms with E-state index in [1.807, 2.05) is 0 Å². The molecule has 91 heavy (non-hydrogen) atoms. The molecule has 0 saturated carbocycles. The lowest BCUT2D eigenvalue weighted by Gasteiger charge is -2.33. The fourth-order valence-electron chi connectivity index (χ4n) is 10.8. The van der Waals surface area contributed by atoms with E-state index >= 15 is 0 Å². The maximum atomic E-state index is 13.4. The van der Waals surface area contributed by atoms with Gasteiger partial charge in [0, 0.05) is 109 Å². The van der Waals surface area contributed by atoms with Gasteiger partial charge in [-0.1, -0.05) is 30.7 Å². The van der Waals surface area contributed by atoms with E-state index in [9.17, 15) is 78.1 Å². The summed E-state index contributed by atoms with van der Waals surface area (Å²) in [5, 5.41) is 66.0.